The fraction of sp³-hybridized carbons (Fsp3) is 0.120. The number of aromatic nitrogens is 2. The Kier molecular flexibility index (Phi) is 18.7. The fourth-order valence-electron chi connectivity index (χ4n) is 7.24. The van der Waals surface area contributed by atoms with E-state index in [-0.39, 0.29) is 25.2 Å². The minimum Gasteiger partial charge on any atom is -0.497 e. The van der Waals surface area contributed by atoms with Gasteiger partial charge in [-0.25, -0.2) is 0 Å². The minimum absolute atomic E-state index is 0. The maximum Gasteiger partial charge on any atom is 0.296 e. The quantitative estimate of drug-likeness (QED) is 0.0305. The largest absolute Gasteiger partial charge is 0.497 e. The van der Waals surface area contributed by atoms with E-state index in [4.69, 9.17) is 32.2 Å². The van der Waals surface area contributed by atoms with Gasteiger partial charge in [0.05, 0.1) is 61.3 Å². The average molecular weight is 1070 g/mol. The van der Waals surface area contributed by atoms with Crippen molar-refractivity contribution < 1.29 is 38.6 Å². The fourth-order valence-corrected chi connectivity index (χ4v) is 10.4. The van der Waals surface area contributed by atoms with Crippen LogP contribution in [0.25, 0.3) is 41.3 Å². The Hall–Kier alpha value is -6.07. The van der Waals surface area contributed by atoms with Crippen molar-refractivity contribution >= 4 is 139 Å². The summed E-state index contributed by atoms with van der Waals surface area (Å²) in [5.41, 5.74) is 14.0. The molecule has 4 heterocycles. The Labute approximate surface area is 433 Å². The molecular weight excluding hydrogens is 1020 g/mol. The molecule has 10 rings (SSSR count). The van der Waals surface area contributed by atoms with Gasteiger partial charge in [-0.1, -0.05) is 54.6 Å². The van der Waals surface area contributed by atoms with E-state index < -0.39 is 4.92 Å². The van der Waals surface area contributed by atoms with Crippen LogP contribution in [0.15, 0.2) is 144 Å². The molecule has 0 aliphatic rings. The molecule has 0 spiro atoms. The first kappa shape index (κ1) is 51.3. The summed E-state index contributed by atoms with van der Waals surface area (Å²) in [6, 6.07) is 41.5. The Morgan fingerprint density at radius 3 is 1.62 bits per heavy atom. The third kappa shape index (κ3) is 12.5. The summed E-state index contributed by atoms with van der Waals surface area (Å²) in [5, 5.41) is 28.0. The predicted molar refractivity (Wildman–Crippen MR) is 290 cm³/mol. The van der Waals surface area contributed by atoms with Crippen molar-refractivity contribution in [3.8, 4) is 17.2 Å². The van der Waals surface area contributed by atoms with Gasteiger partial charge in [0.2, 0.25) is 0 Å². The van der Waals surface area contributed by atoms with E-state index in [0.717, 1.165) is 51.6 Å². The number of thiocarbonyl (C=S) groups is 2. The van der Waals surface area contributed by atoms with Crippen LogP contribution in [0.5, 0.6) is 17.2 Å². The Morgan fingerprint density at radius 2 is 1.10 bits per heavy atom. The predicted octanol–water partition coefficient (Wildman–Crippen LogP) is 14.5. The number of rotatable bonds is 12. The number of aromatic amines is 1. The third-order valence-electron chi connectivity index (χ3n) is 10.6. The smallest absolute Gasteiger partial charge is 0.296 e. The SMILES string of the molecule is COc1ccc(NCc2csc3ccccc23)c(N)c1.COc1ccc(NCc2csc3ccccc23)c([N+](=O)[O-])c1.COc1ccc2c(c1)[nH]c(=S)n2Cc1csc2ccccc12.S=C=S.[Zn]. The molecule has 0 atom stereocenters. The summed E-state index contributed by atoms with van der Waals surface area (Å²) in [7, 11) is 4.80. The zero-order chi connectivity index (χ0) is 47.3. The number of thiophene rings is 3. The molecular formula is C50H44N6O5S6Zn. The van der Waals surface area contributed by atoms with Gasteiger partial charge < -0.3 is 40.1 Å². The van der Waals surface area contributed by atoms with E-state index in [2.05, 4.69) is 127 Å². The number of methoxy groups -OCH3 is 3. The summed E-state index contributed by atoms with van der Waals surface area (Å²) in [5.74, 6) is 2.07. The summed E-state index contributed by atoms with van der Waals surface area (Å²) in [4.78, 5) is 14.0. The molecule has 342 valence electrons. The number of imidazole rings is 1. The topological polar surface area (TPSA) is 142 Å². The zero-order valence-corrected chi connectivity index (χ0v) is 45.0. The van der Waals surface area contributed by atoms with E-state index in [1.807, 2.05) is 46.8 Å². The van der Waals surface area contributed by atoms with Gasteiger partial charge in [-0.2, -0.15) is 0 Å². The van der Waals surface area contributed by atoms with Gasteiger partial charge in [-0.05, 0) is 140 Å². The molecule has 0 radical (unpaired) electrons. The second-order valence-corrected chi connectivity index (χ2v) is 18.3. The first-order valence-electron chi connectivity index (χ1n) is 20.5. The summed E-state index contributed by atoms with van der Waals surface area (Å²) in [6.45, 7) is 2.08. The molecule has 68 heavy (non-hydrogen) atoms. The standard InChI is InChI=1S/C17H14N2OS2.C16H14N2O3S.C16H16N2OS.CS2.Zn/c1-20-12-6-7-15-14(8-12)18-17(21)19(15)9-11-10-22-16-5-3-2-4-13(11)16;1-21-12-6-7-14(15(8-12)18(19)20)17-9-11-10-22-16-5-3-2-4-13(11)16;1-19-12-6-7-15(14(17)8-12)18-9-11-10-20-16-5-3-2-4-13(11)16;2-1-3;/h2-8,10H,9H2,1H3,(H,18,21);2-8,10,17H,9H2,1H3;2-8,10,18H,9,17H2,1H3;;. The number of fused-ring (bicyclic) bond motifs is 4. The molecule has 0 saturated carbocycles. The number of nitrogen functional groups attached to an aromatic ring is 1. The van der Waals surface area contributed by atoms with Crippen LogP contribution in [-0.2, 0) is 39.1 Å². The van der Waals surface area contributed by atoms with Gasteiger partial charge in [0.15, 0.2) is 4.77 Å². The molecule has 6 aromatic carbocycles. The molecule has 0 unspecified atom stereocenters. The molecule has 10 aromatic rings. The van der Waals surface area contributed by atoms with Gasteiger partial charge in [0.1, 0.15) is 22.9 Å². The second-order valence-electron chi connectivity index (χ2n) is 14.6. The van der Waals surface area contributed by atoms with Crippen molar-refractivity contribution in [3.63, 3.8) is 0 Å². The Balaban J connectivity index is 0.000000162. The maximum atomic E-state index is 11.2. The molecule has 4 aromatic heterocycles. The molecule has 0 saturated heterocycles. The third-order valence-corrected chi connectivity index (χ3v) is 14.0. The number of benzene rings is 6. The van der Waals surface area contributed by atoms with Crippen molar-refractivity contribution in [1.29, 1.82) is 0 Å². The Morgan fingerprint density at radius 1 is 0.662 bits per heavy atom. The van der Waals surface area contributed by atoms with Gasteiger partial charge in [-0.15, -0.1) is 34.0 Å². The number of ether oxygens (including phenoxy) is 3. The maximum absolute atomic E-state index is 11.2. The van der Waals surface area contributed by atoms with E-state index in [0.29, 0.717) is 23.7 Å². The second kappa shape index (κ2) is 24.8. The van der Waals surface area contributed by atoms with Crippen molar-refractivity contribution in [2.24, 2.45) is 0 Å². The van der Waals surface area contributed by atoms with Crippen molar-refractivity contribution in [2.75, 3.05) is 37.7 Å². The number of H-pyrrole nitrogens is 1. The number of nitro benzene ring substituents is 1. The number of hydrogen-bond donors (Lipinski definition) is 4. The molecule has 18 heteroatoms. The average Bonchev–Trinajstić information content (AvgIpc) is 4.15. The van der Waals surface area contributed by atoms with E-state index in [9.17, 15) is 10.1 Å². The van der Waals surface area contributed by atoms with Crippen LogP contribution in [-0.4, -0.2) is 40.1 Å². The number of nitrogens with two attached hydrogens (primary N) is 1. The number of anilines is 3. The number of nitrogens with one attached hydrogen (secondary N) is 3. The first-order chi connectivity index (χ1) is 32.6. The zero-order valence-electron chi connectivity index (χ0n) is 37.1. The summed E-state index contributed by atoms with van der Waals surface area (Å²) >= 11 is 18.6. The molecule has 0 aliphatic carbocycles. The van der Waals surface area contributed by atoms with Crippen LogP contribution in [0, 0.1) is 14.9 Å². The van der Waals surface area contributed by atoms with E-state index in [1.54, 1.807) is 60.4 Å². The van der Waals surface area contributed by atoms with Crippen LogP contribution in [0.3, 0.4) is 0 Å². The number of nitro groups is 1. The van der Waals surface area contributed by atoms with Crippen LogP contribution in [0.2, 0.25) is 0 Å². The molecule has 0 amide bonds. The van der Waals surface area contributed by atoms with Crippen molar-refractivity contribution in [3.05, 3.63) is 175 Å². The number of nitrogens with zero attached hydrogens (tertiary/aromatic N) is 2. The Bertz CT molecular complexity index is 3390. The van der Waals surface area contributed by atoms with E-state index >= 15 is 0 Å². The molecule has 0 bridgehead atoms. The van der Waals surface area contributed by atoms with Crippen LogP contribution >= 0.6 is 70.7 Å². The molecule has 5 N–H and O–H groups in total. The van der Waals surface area contributed by atoms with Crippen LogP contribution in [0.4, 0.5) is 22.7 Å². The van der Waals surface area contributed by atoms with Crippen LogP contribution < -0.4 is 30.6 Å². The van der Waals surface area contributed by atoms with Gasteiger partial charge in [0.25, 0.3) is 5.69 Å². The monoisotopic (exact) mass is 1060 g/mol. The molecule has 0 fully saturated rings. The normalized spacial score (nSPS) is 10.3. The van der Waals surface area contributed by atoms with Gasteiger partial charge in [0, 0.05) is 63.1 Å². The van der Waals surface area contributed by atoms with Crippen molar-refractivity contribution in [1.82, 2.24) is 9.55 Å². The van der Waals surface area contributed by atoms with Crippen molar-refractivity contribution in [2.45, 2.75) is 19.6 Å². The summed E-state index contributed by atoms with van der Waals surface area (Å²) < 4.78 is 24.1. The van der Waals surface area contributed by atoms with E-state index in [1.165, 1.54) is 54.6 Å². The number of hydrogen-bond acceptors (Lipinski definition) is 14. The van der Waals surface area contributed by atoms with Gasteiger partial charge >= 0.3 is 0 Å². The first-order valence-corrected chi connectivity index (χ1v) is 24.4. The molecule has 0 aliphatic heterocycles. The van der Waals surface area contributed by atoms with Crippen LogP contribution in [0.1, 0.15) is 16.7 Å². The minimum atomic E-state index is -0.406. The molecule has 11 nitrogen and oxygen atoms in total. The van der Waals surface area contributed by atoms with Gasteiger partial charge in [-0.3, -0.25) is 10.1 Å². The summed E-state index contributed by atoms with van der Waals surface area (Å²) in [6.07, 6.45) is 0.